The number of benzene rings is 2. The standard InChI is InChI=1S/C15H13BrN2S3/c16-12-5-4-10-9-3-1-2-8(6-19)13(9)21-14(10)11(12)7-20-15(17)18/h1-5,19H,6-7H2,(H3,17,18). The van der Waals surface area contributed by atoms with Crippen LogP contribution >= 0.6 is 51.7 Å². The SMILES string of the molecule is N=C(N)SCc1c(Br)ccc2c1sc1c(CS)cccc12. The van der Waals surface area contributed by atoms with Gasteiger partial charge in [-0.05, 0) is 17.2 Å². The second-order valence-electron chi connectivity index (χ2n) is 4.61. The summed E-state index contributed by atoms with van der Waals surface area (Å²) in [6.45, 7) is 0. The fourth-order valence-electron chi connectivity index (χ4n) is 2.36. The van der Waals surface area contributed by atoms with Gasteiger partial charge in [-0.15, -0.1) is 11.3 Å². The minimum Gasteiger partial charge on any atom is -0.379 e. The van der Waals surface area contributed by atoms with Crippen molar-refractivity contribution in [1.82, 2.24) is 0 Å². The van der Waals surface area contributed by atoms with Crippen LogP contribution in [-0.2, 0) is 11.5 Å². The quantitative estimate of drug-likeness (QED) is 0.316. The van der Waals surface area contributed by atoms with E-state index in [2.05, 4.69) is 58.9 Å². The van der Waals surface area contributed by atoms with Gasteiger partial charge >= 0.3 is 0 Å². The summed E-state index contributed by atoms with van der Waals surface area (Å²) in [5.74, 6) is 1.44. The molecule has 1 heterocycles. The lowest BCUT2D eigenvalue weighted by molar-refractivity contribution is 1.44. The van der Waals surface area contributed by atoms with Crippen LogP contribution in [-0.4, -0.2) is 5.17 Å². The van der Waals surface area contributed by atoms with Gasteiger partial charge in [0.25, 0.3) is 0 Å². The monoisotopic (exact) mass is 396 g/mol. The first-order valence-electron chi connectivity index (χ1n) is 6.31. The van der Waals surface area contributed by atoms with E-state index in [1.54, 1.807) is 11.3 Å². The van der Waals surface area contributed by atoms with E-state index < -0.39 is 0 Å². The van der Waals surface area contributed by atoms with E-state index in [4.69, 9.17) is 11.1 Å². The van der Waals surface area contributed by atoms with Crippen LogP contribution in [0.4, 0.5) is 0 Å². The second kappa shape index (κ2) is 6.20. The molecular weight excluding hydrogens is 384 g/mol. The van der Waals surface area contributed by atoms with Gasteiger partial charge in [-0.1, -0.05) is 52.0 Å². The third kappa shape index (κ3) is 2.82. The number of thioether (sulfide) groups is 1. The van der Waals surface area contributed by atoms with Crippen LogP contribution in [0.3, 0.4) is 0 Å². The maximum atomic E-state index is 7.41. The Morgan fingerprint density at radius 1 is 1.24 bits per heavy atom. The number of hydrogen-bond acceptors (Lipinski definition) is 4. The van der Waals surface area contributed by atoms with E-state index in [1.807, 2.05) is 0 Å². The zero-order valence-corrected chi connectivity index (χ0v) is 15.1. The Bertz CT molecular complexity index is 842. The Morgan fingerprint density at radius 2 is 2.00 bits per heavy atom. The van der Waals surface area contributed by atoms with Gasteiger partial charge in [0.15, 0.2) is 5.17 Å². The first-order valence-corrected chi connectivity index (χ1v) is 9.53. The van der Waals surface area contributed by atoms with Crippen LogP contribution < -0.4 is 5.73 Å². The molecule has 0 aliphatic rings. The summed E-state index contributed by atoms with van der Waals surface area (Å²) in [4.78, 5) is 0. The van der Waals surface area contributed by atoms with Crippen LogP contribution in [0.15, 0.2) is 34.8 Å². The van der Waals surface area contributed by atoms with Crippen molar-refractivity contribution in [3.63, 3.8) is 0 Å². The largest absolute Gasteiger partial charge is 0.379 e. The molecule has 0 radical (unpaired) electrons. The van der Waals surface area contributed by atoms with Crippen molar-refractivity contribution < 1.29 is 0 Å². The number of halogens is 1. The summed E-state index contributed by atoms with van der Waals surface area (Å²) >= 11 is 11.2. The Hall–Kier alpha value is -0.690. The van der Waals surface area contributed by atoms with E-state index in [1.165, 1.54) is 43.1 Å². The summed E-state index contributed by atoms with van der Waals surface area (Å²) in [7, 11) is 0. The fraction of sp³-hybridized carbons (Fsp3) is 0.133. The van der Waals surface area contributed by atoms with Gasteiger partial charge in [0.05, 0.1) is 0 Å². The topological polar surface area (TPSA) is 49.9 Å². The first kappa shape index (κ1) is 15.2. The van der Waals surface area contributed by atoms with E-state index in [0.717, 1.165) is 10.2 Å². The smallest absolute Gasteiger partial charge is 0.151 e. The number of nitrogens with one attached hydrogen (secondary N) is 1. The molecule has 0 amide bonds. The summed E-state index contributed by atoms with van der Waals surface area (Å²) in [5.41, 5.74) is 7.95. The maximum Gasteiger partial charge on any atom is 0.151 e. The molecule has 0 spiro atoms. The van der Waals surface area contributed by atoms with Crippen LogP contribution in [0.1, 0.15) is 11.1 Å². The molecule has 2 nitrogen and oxygen atoms in total. The van der Waals surface area contributed by atoms with E-state index in [0.29, 0.717) is 5.75 Å². The summed E-state index contributed by atoms with van der Waals surface area (Å²) in [5, 5.41) is 10.1. The van der Waals surface area contributed by atoms with Gasteiger partial charge in [0, 0.05) is 36.2 Å². The van der Waals surface area contributed by atoms with Crippen LogP contribution in [0.2, 0.25) is 0 Å². The molecule has 0 aliphatic heterocycles. The van der Waals surface area contributed by atoms with Crippen molar-refractivity contribution >= 4 is 77.0 Å². The highest BCUT2D eigenvalue weighted by Crippen LogP contribution is 2.41. The van der Waals surface area contributed by atoms with Crippen molar-refractivity contribution in [2.45, 2.75) is 11.5 Å². The summed E-state index contributed by atoms with van der Waals surface area (Å²) in [6.07, 6.45) is 0. The Kier molecular flexibility index (Phi) is 4.49. The van der Waals surface area contributed by atoms with Gasteiger partial charge in [0.1, 0.15) is 0 Å². The van der Waals surface area contributed by atoms with Gasteiger partial charge in [-0.2, -0.15) is 12.6 Å². The molecule has 0 aliphatic carbocycles. The molecule has 0 bridgehead atoms. The highest BCUT2D eigenvalue weighted by Gasteiger charge is 2.14. The van der Waals surface area contributed by atoms with Gasteiger partial charge in [-0.3, -0.25) is 5.41 Å². The molecule has 2 aromatic carbocycles. The average molecular weight is 397 g/mol. The summed E-state index contributed by atoms with van der Waals surface area (Å²) in [6, 6.07) is 10.6. The zero-order chi connectivity index (χ0) is 15.0. The van der Waals surface area contributed by atoms with Crippen LogP contribution in [0.5, 0.6) is 0 Å². The number of nitrogens with two attached hydrogens (primary N) is 1. The van der Waals surface area contributed by atoms with Crippen molar-refractivity contribution in [3.05, 3.63) is 45.9 Å². The number of thiol groups is 1. The number of amidine groups is 1. The molecule has 0 saturated heterocycles. The predicted molar refractivity (Wildman–Crippen MR) is 103 cm³/mol. The second-order valence-corrected chi connectivity index (χ2v) is 7.82. The van der Waals surface area contributed by atoms with Crippen molar-refractivity contribution in [2.75, 3.05) is 0 Å². The van der Waals surface area contributed by atoms with Crippen molar-refractivity contribution in [2.24, 2.45) is 5.73 Å². The predicted octanol–water partition coefficient (Wildman–Crippen LogP) is 5.37. The molecular formula is C15H13BrN2S3. The van der Waals surface area contributed by atoms with E-state index in [-0.39, 0.29) is 5.17 Å². The molecule has 0 atom stereocenters. The molecule has 21 heavy (non-hydrogen) atoms. The molecule has 1 aromatic heterocycles. The van der Waals surface area contributed by atoms with Gasteiger partial charge in [0.2, 0.25) is 0 Å². The number of rotatable bonds is 3. The number of hydrogen-bond donors (Lipinski definition) is 3. The number of thiophene rings is 1. The third-order valence-corrected chi connectivity index (χ3v) is 6.52. The molecule has 0 unspecified atom stereocenters. The highest BCUT2D eigenvalue weighted by atomic mass is 79.9. The Morgan fingerprint density at radius 3 is 2.71 bits per heavy atom. The van der Waals surface area contributed by atoms with E-state index >= 15 is 0 Å². The first-order chi connectivity index (χ1) is 10.1. The van der Waals surface area contributed by atoms with E-state index in [9.17, 15) is 0 Å². The molecule has 0 fully saturated rings. The molecule has 0 saturated carbocycles. The zero-order valence-electron chi connectivity index (χ0n) is 11.0. The average Bonchev–Trinajstić information content (AvgIpc) is 2.84. The molecule has 108 valence electrons. The third-order valence-electron chi connectivity index (χ3n) is 3.34. The minimum absolute atomic E-state index is 0.149. The minimum atomic E-state index is 0.149. The van der Waals surface area contributed by atoms with Gasteiger partial charge < -0.3 is 5.73 Å². The Labute approximate surface area is 145 Å². The van der Waals surface area contributed by atoms with Crippen molar-refractivity contribution in [3.8, 4) is 0 Å². The van der Waals surface area contributed by atoms with Crippen LogP contribution in [0, 0.1) is 5.41 Å². The maximum absolute atomic E-state index is 7.41. The molecule has 3 N–H and O–H groups in total. The fourth-order valence-corrected chi connectivity index (χ4v) is 5.57. The summed E-state index contributed by atoms with van der Waals surface area (Å²) < 4.78 is 3.64. The molecule has 6 heteroatoms. The molecule has 3 rings (SSSR count). The highest BCUT2D eigenvalue weighted by molar-refractivity contribution is 9.10. The van der Waals surface area contributed by atoms with Gasteiger partial charge in [-0.25, -0.2) is 0 Å². The Balaban J connectivity index is 2.27. The lowest BCUT2D eigenvalue weighted by Gasteiger charge is -2.05. The lowest BCUT2D eigenvalue weighted by atomic mass is 10.1. The normalized spacial score (nSPS) is 11.3. The lowest BCUT2D eigenvalue weighted by Crippen LogP contribution is -2.03. The van der Waals surface area contributed by atoms with Crippen LogP contribution in [0.25, 0.3) is 20.2 Å². The van der Waals surface area contributed by atoms with Crippen molar-refractivity contribution in [1.29, 1.82) is 5.41 Å². The molecule has 3 aromatic rings. The number of fused-ring (bicyclic) bond motifs is 3.